The Bertz CT molecular complexity index is 883. The van der Waals surface area contributed by atoms with Gasteiger partial charge in [0.05, 0.1) is 25.0 Å². The van der Waals surface area contributed by atoms with E-state index in [1.165, 1.54) is 18.2 Å². The Morgan fingerprint density at radius 1 is 1.13 bits per heavy atom. The number of amides is 1. The van der Waals surface area contributed by atoms with Crippen LogP contribution in [0, 0.1) is 5.92 Å². The largest absolute Gasteiger partial charge is 0.490 e. The van der Waals surface area contributed by atoms with E-state index in [0.717, 1.165) is 60.3 Å². The van der Waals surface area contributed by atoms with Gasteiger partial charge < -0.3 is 19.4 Å². The predicted molar refractivity (Wildman–Crippen MR) is 116 cm³/mol. The molecule has 0 fully saturated rings. The Labute approximate surface area is 181 Å². The number of ether oxygens (including phenoxy) is 2. The van der Waals surface area contributed by atoms with Crippen molar-refractivity contribution < 1.29 is 14.3 Å². The van der Waals surface area contributed by atoms with Gasteiger partial charge in [-0.2, -0.15) is 0 Å². The van der Waals surface area contributed by atoms with Gasteiger partial charge in [-0.15, -0.1) is 10.2 Å². The second kappa shape index (κ2) is 9.73. The van der Waals surface area contributed by atoms with Crippen molar-refractivity contribution in [3.8, 4) is 11.5 Å². The van der Waals surface area contributed by atoms with Crippen LogP contribution < -0.4 is 14.8 Å². The number of hydrogen-bond acceptors (Lipinski definition) is 6. The Kier molecular flexibility index (Phi) is 6.82. The lowest BCUT2D eigenvalue weighted by molar-refractivity contribution is -0.119. The van der Waals surface area contributed by atoms with E-state index in [1.54, 1.807) is 0 Å². The number of nitrogens with one attached hydrogen (secondary N) is 1. The monoisotopic (exact) mass is 430 g/mol. The summed E-state index contributed by atoms with van der Waals surface area (Å²) in [5, 5.41) is 12.7. The highest BCUT2D eigenvalue weighted by Gasteiger charge is 2.22. The lowest BCUT2D eigenvalue weighted by Gasteiger charge is -2.24. The van der Waals surface area contributed by atoms with Gasteiger partial charge in [0.2, 0.25) is 5.91 Å². The minimum atomic E-state index is -0.0919. The minimum absolute atomic E-state index is 0.00298. The molecule has 0 saturated heterocycles. The summed E-state index contributed by atoms with van der Waals surface area (Å²) in [6, 6.07) is 5.87. The summed E-state index contributed by atoms with van der Waals surface area (Å²) in [4.78, 5) is 12.8. The van der Waals surface area contributed by atoms with Gasteiger partial charge >= 0.3 is 0 Å². The smallest absolute Gasteiger partial charge is 0.230 e. The molecule has 30 heavy (non-hydrogen) atoms. The molecule has 0 radical (unpaired) electrons. The molecule has 3 heterocycles. The molecule has 1 aromatic carbocycles. The van der Waals surface area contributed by atoms with Crippen LogP contribution in [0.4, 0.5) is 0 Å². The van der Waals surface area contributed by atoms with Gasteiger partial charge in [-0.25, -0.2) is 0 Å². The molecule has 0 spiro atoms. The molecular formula is C22H30N4O3S. The number of nitrogens with zero attached hydrogens (tertiary/aromatic N) is 3. The SMILES string of the molecule is CC(C)[C@@H](NC(=O)CSc1nnc2n1CCCCC2)c1ccc2c(c1)OCCCO2. The maximum atomic E-state index is 12.8. The topological polar surface area (TPSA) is 78.3 Å². The van der Waals surface area contributed by atoms with Gasteiger partial charge in [-0.3, -0.25) is 4.79 Å². The molecule has 2 aliphatic rings. The van der Waals surface area contributed by atoms with E-state index in [4.69, 9.17) is 9.47 Å². The molecule has 1 aromatic heterocycles. The van der Waals surface area contributed by atoms with Crippen LogP contribution in [0.15, 0.2) is 23.4 Å². The molecule has 0 unspecified atom stereocenters. The third kappa shape index (κ3) is 4.91. The summed E-state index contributed by atoms with van der Waals surface area (Å²) in [5.74, 6) is 3.14. The highest BCUT2D eigenvalue weighted by atomic mass is 32.2. The van der Waals surface area contributed by atoms with E-state index >= 15 is 0 Å². The van der Waals surface area contributed by atoms with Crippen LogP contribution in [0.3, 0.4) is 0 Å². The number of fused-ring (bicyclic) bond motifs is 2. The molecule has 0 bridgehead atoms. The zero-order valence-electron chi connectivity index (χ0n) is 17.7. The third-order valence-corrected chi connectivity index (χ3v) is 6.49. The van der Waals surface area contributed by atoms with Crippen LogP contribution in [-0.4, -0.2) is 39.6 Å². The molecule has 1 N–H and O–H groups in total. The first-order valence-electron chi connectivity index (χ1n) is 10.9. The van der Waals surface area contributed by atoms with Crippen LogP contribution in [0.1, 0.15) is 57.0 Å². The quantitative estimate of drug-likeness (QED) is 0.703. The van der Waals surface area contributed by atoms with E-state index in [0.29, 0.717) is 19.0 Å². The number of carbonyl (C=O) groups excluding carboxylic acids is 1. The summed E-state index contributed by atoms with van der Waals surface area (Å²) in [5.41, 5.74) is 1.03. The summed E-state index contributed by atoms with van der Waals surface area (Å²) < 4.78 is 13.7. The van der Waals surface area contributed by atoms with E-state index < -0.39 is 0 Å². The molecule has 1 atom stereocenters. The van der Waals surface area contributed by atoms with Crippen LogP contribution in [0.25, 0.3) is 0 Å². The van der Waals surface area contributed by atoms with Gasteiger partial charge in [0.15, 0.2) is 16.7 Å². The van der Waals surface area contributed by atoms with Crippen molar-refractivity contribution in [2.75, 3.05) is 19.0 Å². The summed E-state index contributed by atoms with van der Waals surface area (Å²) in [6.45, 7) is 6.48. The molecule has 7 nitrogen and oxygen atoms in total. The van der Waals surface area contributed by atoms with Crippen molar-refractivity contribution in [3.63, 3.8) is 0 Å². The molecule has 0 aliphatic carbocycles. The second-order valence-electron chi connectivity index (χ2n) is 8.20. The average molecular weight is 431 g/mol. The van der Waals surface area contributed by atoms with Crippen molar-refractivity contribution in [2.24, 2.45) is 5.92 Å². The number of rotatable bonds is 6. The Balaban J connectivity index is 1.41. The zero-order chi connectivity index (χ0) is 20.9. The van der Waals surface area contributed by atoms with Crippen molar-refractivity contribution in [1.82, 2.24) is 20.1 Å². The fourth-order valence-electron chi connectivity index (χ4n) is 3.92. The van der Waals surface area contributed by atoms with Gasteiger partial charge in [0.25, 0.3) is 0 Å². The van der Waals surface area contributed by atoms with Crippen LogP contribution in [-0.2, 0) is 17.8 Å². The van der Waals surface area contributed by atoms with E-state index in [-0.39, 0.29) is 17.9 Å². The van der Waals surface area contributed by atoms with Gasteiger partial charge in [0, 0.05) is 19.4 Å². The fraction of sp³-hybridized carbons (Fsp3) is 0.591. The number of aromatic nitrogens is 3. The maximum absolute atomic E-state index is 12.8. The van der Waals surface area contributed by atoms with E-state index in [9.17, 15) is 4.79 Å². The molecule has 8 heteroatoms. The minimum Gasteiger partial charge on any atom is -0.490 e. The molecule has 2 aliphatic heterocycles. The average Bonchev–Trinajstić information content (AvgIpc) is 2.92. The Morgan fingerprint density at radius 3 is 2.80 bits per heavy atom. The Morgan fingerprint density at radius 2 is 1.97 bits per heavy atom. The number of carbonyl (C=O) groups is 1. The van der Waals surface area contributed by atoms with Gasteiger partial charge in [-0.1, -0.05) is 38.1 Å². The first kappa shape index (κ1) is 21.0. The lowest BCUT2D eigenvalue weighted by Crippen LogP contribution is -2.33. The summed E-state index contributed by atoms with van der Waals surface area (Å²) in [7, 11) is 0. The molecule has 2 aromatic rings. The molecule has 1 amide bonds. The van der Waals surface area contributed by atoms with Crippen molar-refractivity contribution in [2.45, 2.75) is 63.7 Å². The highest BCUT2D eigenvalue weighted by molar-refractivity contribution is 7.99. The highest BCUT2D eigenvalue weighted by Crippen LogP contribution is 2.34. The van der Waals surface area contributed by atoms with Crippen LogP contribution >= 0.6 is 11.8 Å². The summed E-state index contributed by atoms with van der Waals surface area (Å²) >= 11 is 1.47. The molecule has 162 valence electrons. The number of hydrogen-bond donors (Lipinski definition) is 1. The first-order valence-corrected chi connectivity index (χ1v) is 11.8. The first-order chi connectivity index (χ1) is 14.6. The van der Waals surface area contributed by atoms with Gasteiger partial charge in [-0.05, 0) is 36.5 Å². The zero-order valence-corrected chi connectivity index (χ0v) is 18.5. The Hall–Kier alpha value is -2.22. The standard InChI is InChI=1S/C22H30N4O3S/c1-15(2)21(16-8-9-17-18(13-16)29-12-6-11-28-17)23-20(27)14-30-22-25-24-19-7-4-3-5-10-26(19)22/h8-9,13,15,21H,3-7,10-12,14H2,1-2H3,(H,23,27)/t21-/m1/s1. The normalized spacial score (nSPS) is 17.0. The second-order valence-corrected chi connectivity index (χ2v) is 9.14. The van der Waals surface area contributed by atoms with E-state index in [1.807, 2.05) is 18.2 Å². The maximum Gasteiger partial charge on any atom is 0.230 e. The number of aryl methyl sites for hydroxylation is 1. The van der Waals surface area contributed by atoms with Crippen molar-refractivity contribution in [3.05, 3.63) is 29.6 Å². The molecule has 0 saturated carbocycles. The van der Waals surface area contributed by atoms with Crippen LogP contribution in [0.5, 0.6) is 11.5 Å². The van der Waals surface area contributed by atoms with Crippen LogP contribution in [0.2, 0.25) is 0 Å². The lowest BCUT2D eigenvalue weighted by atomic mass is 9.95. The van der Waals surface area contributed by atoms with Gasteiger partial charge in [0.1, 0.15) is 5.82 Å². The van der Waals surface area contributed by atoms with Crippen molar-refractivity contribution >= 4 is 17.7 Å². The summed E-state index contributed by atoms with van der Waals surface area (Å²) in [6.07, 6.45) is 5.37. The van der Waals surface area contributed by atoms with E-state index in [2.05, 4.69) is 33.9 Å². The number of thioether (sulfide) groups is 1. The third-order valence-electron chi connectivity index (χ3n) is 5.52. The fourth-order valence-corrected chi connectivity index (χ4v) is 4.71. The predicted octanol–water partition coefficient (Wildman–Crippen LogP) is 3.77. The van der Waals surface area contributed by atoms with Crippen molar-refractivity contribution in [1.29, 1.82) is 0 Å². The molecular weight excluding hydrogens is 400 g/mol. The number of benzene rings is 1. The molecule has 4 rings (SSSR count).